The van der Waals surface area contributed by atoms with Gasteiger partial charge < -0.3 is 9.57 Å². The predicted molar refractivity (Wildman–Crippen MR) is 113 cm³/mol. The smallest absolute Gasteiger partial charge is 0.338 e. The second-order valence-electron chi connectivity index (χ2n) is 9.43. The van der Waals surface area contributed by atoms with Gasteiger partial charge in [0.1, 0.15) is 0 Å². The lowest BCUT2D eigenvalue weighted by molar-refractivity contribution is -0.216. The van der Waals surface area contributed by atoms with Crippen molar-refractivity contribution in [1.82, 2.24) is 5.06 Å². The first-order chi connectivity index (χ1) is 13.1. The van der Waals surface area contributed by atoms with Crippen LogP contribution in [0.1, 0.15) is 82.6 Å². The highest BCUT2D eigenvalue weighted by atomic mass is 16.7. The molecule has 28 heavy (non-hydrogen) atoms. The topological polar surface area (TPSA) is 38.8 Å². The number of ether oxygens (including phenoxy) is 1. The maximum absolute atomic E-state index is 12.5. The maximum atomic E-state index is 12.5. The van der Waals surface area contributed by atoms with E-state index >= 15 is 0 Å². The van der Waals surface area contributed by atoms with Crippen LogP contribution in [-0.4, -0.2) is 29.2 Å². The van der Waals surface area contributed by atoms with Gasteiger partial charge in [0.05, 0.1) is 23.8 Å². The van der Waals surface area contributed by atoms with Crippen molar-refractivity contribution < 1.29 is 14.4 Å². The summed E-state index contributed by atoms with van der Waals surface area (Å²) in [6.07, 6.45) is 3.33. The number of nitrogens with zero attached hydrogens (tertiary/aromatic N) is 1. The summed E-state index contributed by atoms with van der Waals surface area (Å²) in [5.41, 5.74) is 3.37. The first-order valence-corrected chi connectivity index (χ1v) is 10.2. The molecule has 0 unspecified atom stereocenters. The number of carbonyl (C=O) groups excluding carboxylic acids is 1. The summed E-state index contributed by atoms with van der Waals surface area (Å²) < 4.78 is 5.05. The van der Waals surface area contributed by atoms with E-state index < -0.39 is 0 Å². The van der Waals surface area contributed by atoms with E-state index in [-0.39, 0.29) is 17.0 Å². The molecule has 1 heterocycles. The number of methoxy groups -OCH3 is 1. The van der Waals surface area contributed by atoms with Crippen molar-refractivity contribution in [1.29, 1.82) is 0 Å². The quantitative estimate of drug-likeness (QED) is 0.604. The second kappa shape index (κ2) is 7.40. The molecule has 152 valence electrons. The lowest BCUT2D eigenvalue weighted by Gasteiger charge is -2.50. The molecule has 0 N–H and O–H groups in total. The van der Waals surface area contributed by atoms with Crippen LogP contribution in [0.3, 0.4) is 0 Å². The predicted octanol–water partition coefficient (Wildman–Crippen LogP) is 6.04. The summed E-state index contributed by atoms with van der Waals surface area (Å²) in [5, 5.41) is 2.12. The molecule has 0 bridgehead atoms. The van der Waals surface area contributed by atoms with Crippen LogP contribution in [0.4, 0.5) is 0 Å². The van der Waals surface area contributed by atoms with Crippen LogP contribution in [0.2, 0.25) is 0 Å². The number of carbonyl (C=O) groups is 1. The fourth-order valence-corrected chi connectivity index (χ4v) is 4.40. The van der Waals surface area contributed by atoms with Crippen LogP contribution in [0.25, 0.3) is 11.1 Å². The molecule has 0 aromatic heterocycles. The molecule has 4 nitrogen and oxygen atoms in total. The number of rotatable bonds is 4. The Balaban J connectivity index is 2.11. The van der Waals surface area contributed by atoms with Gasteiger partial charge >= 0.3 is 5.97 Å². The molecule has 0 spiro atoms. The average Bonchev–Trinajstić information content (AvgIpc) is 2.78. The van der Waals surface area contributed by atoms with Crippen molar-refractivity contribution in [2.24, 2.45) is 0 Å². The minimum atomic E-state index is -0.335. The number of piperidine rings is 1. The normalized spacial score (nSPS) is 19.0. The molecule has 0 aromatic carbocycles. The molecule has 0 saturated carbocycles. The highest BCUT2D eigenvalue weighted by Gasteiger charge is 2.44. The third-order valence-electron chi connectivity index (χ3n) is 5.92. The van der Waals surface area contributed by atoms with E-state index in [0.29, 0.717) is 17.2 Å². The first kappa shape index (κ1) is 20.7. The van der Waals surface area contributed by atoms with Gasteiger partial charge in [-0.1, -0.05) is 32.0 Å². The number of hydroxylamine groups is 2. The van der Waals surface area contributed by atoms with Crippen LogP contribution in [0.15, 0.2) is 30.3 Å². The summed E-state index contributed by atoms with van der Waals surface area (Å²) >= 11 is 0. The molecule has 1 fully saturated rings. The standard InChI is InChI=1S/C24H33NO3/c1-16(2)17-10-8-11-18-19(14-17)20(22(26)27-7)15-21(18)28-25-23(3,4)12-9-13-24(25,5)6/h8,10-11,14-16H,9,12-13H2,1-7H3. The van der Waals surface area contributed by atoms with Gasteiger partial charge in [-0.05, 0) is 70.6 Å². The molecule has 4 heteroatoms. The molecule has 0 atom stereocenters. The van der Waals surface area contributed by atoms with Gasteiger partial charge in [0.25, 0.3) is 0 Å². The van der Waals surface area contributed by atoms with Gasteiger partial charge in [-0.2, -0.15) is 0 Å². The number of hydrogen-bond acceptors (Lipinski definition) is 4. The molecule has 0 aromatic rings. The largest absolute Gasteiger partial charge is 0.465 e. The van der Waals surface area contributed by atoms with Gasteiger partial charge in [0, 0.05) is 11.1 Å². The van der Waals surface area contributed by atoms with Crippen LogP contribution < -0.4 is 4.84 Å². The Kier molecular flexibility index (Phi) is 5.46. The molecule has 3 aliphatic rings. The molecule has 1 saturated heterocycles. The Labute approximate surface area is 169 Å². The van der Waals surface area contributed by atoms with Crippen molar-refractivity contribution in [3.8, 4) is 16.9 Å². The Bertz CT molecular complexity index is 822. The SMILES string of the molecule is COC(=O)c1cc(ON2C(C)(C)CCCC2(C)C)c2cccc(C(C)C)cc1-2. The minimum absolute atomic E-state index is 0.0865. The molecule has 0 radical (unpaired) electrons. The van der Waals surface area contributed by atoms with Gasteiger partial charge in [-0.3, -0.25) is 0 Å². The Morgan fingerprint density at radius 3 is 2.25 bits per heavy atom. The van der Waals surface area contributed by atoms with Crippen LogP contribution in [0, 0.1) is 0 Å². The first-order valence-electron chi connectivity index (χ1n) is 10.2. The van der Waals surface area contributed by atoms with Gasteiger partial charge in [-0.15, -0.1) is 5.06 Å². The summed E-state index contributed by atoms with van der Waals surface area (Å²) in [6, 6.07) is 10.1. The van der Waals surface area contributed by atoms with Crippen molar-refractivity contribution in [2.45, 2.75) is 77.8 Å². The van der Waals surface area contributed by atoms with E-state index in [9.17, 15) is 4.79 Å². The van der Waals surface area contributed by atoms with Gasteiger partial charge in [0.15, 0.2) is 5.75 Å². The molecular weight excluding hydrogens is 350 g/mol. The van der Waals surface area contributed by atoms with Gasteiger partial charge in [0.2, 0.25) is 0 Å². The van der Waals surface area contributed by atoms with E-state index in [4.69, 9.17) is 9.57 Å². The van der Waals surface area contributed by atoms with E-state index in [1.54, 1.807) is 0 Å². The van der Waals surface area contributed by atoms with Crippen LogP contribution in [0.5, 0.6) is 5.75 Å². The highest BCUT2D eigenvalue weighted by molar-refractivity contribution is 6.01. The van der Waals surface area contributed by atoms with E-state index in [0.717, 1.165) is 24.0 Å². The molecule has 2 aliphatic carbocycles. The third-order valence-corrected chi connectivity index (χ3v) is 5.92. The summed E-state index contributed by atoms with van der Waals surface area (Å²) in [6.45, 7) is 13.2. The lowest BCUT2D eigenvalue weighted by Crippen LogP contribution is -2.59. The van der Waals surface area contributed by atoms with Crippen molar-refractivity contribution in [3.63, 3.8) is 0 Å². The van der Waals surface area contributed by atoms with E-state index in [1.165, 1.54) is 19.1 Å². The highest BCUT2D eigenvalue weighted by Crippen LogP contribution is 2.44. The second-order valence-corrected chi connectivity index (χ2v) is 9.43. The fourth-order valence-electron chi connectivity index (χ4n) is 4.40. The molecule has 0 amide bonds. The maximum Gasteiger partial charge on any atom is 0.338 e. The van der Waals surface area contributed by atoms with Crippen LogP contribution >= 0.6 is 0 Å². The minimum Gasteiger partial charge on any atom is -0.465 e. The zero-order chi connectivity index (χ0) is 20.7. The van der Waals surface area contributed by atoms with E-state index in [2.05, 4.69) is 58.7 Å². The number of esters is 1. The third kappa shape index (κ3) is 3.75. The number of hydrogen-bond donors (Lipinski definition) is 0. The fraction of sp³-hybridized carbons (Fsp3) is 0.542. The monoisotopic (exact) mass is 383 g/mol. The van der Waals surface area contributed by atoms with Crippen molar-refractivity contribution in [2.75, 3.05) is 7.11 Å². The molecule has 3 rings (SSSR count). The zero-order valence-corrected chi connectivity index (χ0v) is 18.3. The van der Waals surface area contributed by atoms with Crippen molar-refractivity contribution >= 4 is 5.97 Å². The molecular formula is C24H33NO3. The Morgan fingerprint density at radius 2 is 1.68 bits per heavy atom. The van der Waals surface area contributed by atoms with E-state index in [1.807, 2.05) is 18.2 Å². The zero-order valence-electron chi connectivity index (χ0n) is 18.3. The van der Waals surface area contributed by atoms with Crippen LogP contribution in [-0.2, 0) is 4.74 Å². The van der Waals surface area contributed by atoms with Crippen molar-refractivity contribution in [3.05, 3.63) is 41.5 Å². The molecule has 1 aliphatic heterocycles. The Hall–Kier alpha value is -2.07. The Morgan fingerprint density at radius 1 is 1.04 bits per heavy atom. The average molecular weight is 384 g/mol. The summed E-state index contributed by atoms with van der Waals surface area (Å²) in [4.78, 5) is 19.0. The summed E-state index contributed by atoms with van der Waals surface area (Å²) in [5.74, 6) is 0.739. The summed E-state index contributed by atoms with van der Waals surface area (Å²) in [7, 11) is 1.42. The van der Waals surface area contributed by atoms with Gasteiger partial charge in [-0.25, -0.2) is 4.79 Å². The number of fused-ring (bicyclic) bond motifs is 1. The lowest BCUT2D eigenvalue weighted by atomic mass is 9.82.